The maximum absolute atomic E-state index is 5.95. The minimum atomic E-state index is 0.303. The van der Waals surface area contributed by atoms with Crippen LogP contribution in [0.15, 0.2) is 36.5 Å². The van der Waals surface area contributed by atoms with E-state index in [1.165, 1.54) is 32.1 Å². The first-order valence-electron chi connectivity index (χ1n) is 11.2. The molecule has 166 valence electrons. The Balaban J connectivity index is 0.000000858. The standard InChI is InChI=1S/C22H27N5O.C2H7N/c1-2-12-28-20-11-9-16(14-24-20)15-8-10-19-18(13-15)21(27-22(23)26-19)25-17-6-4-3-5-7-17;1-3-2/h8-11,13-14,17H,2-7,12H2,1H3,(H3,23,25,26,27);3H,1-2H3. The monoisotopic (exact) mass is 422 g/mol. The Morgan fingerprint density at radius 1 is 1.03 bits per heavy atom. The van der Waals surface area contributed by atoms with E-state index in [0.29, 0.717) is 24.5 Å². The second-order valence-corrected chi connectivity index (χ2v) is 7.88. The van der Waals surface area contributed by atoms with Crippen molar-refractivity contribution in [3.63, 3.8) is 0 Å². The lowest BCUT2D eigenvalue weighted by atomic mass is 9.95. The first-order valence-corrected chi connectivity index (χ1v) is 11.2. The van der Waals surface area contributed by atoms with Crippen molar-refractivity contribution in [3.05, 3.63) is 36.5 Å². The summed E-state index contributed by atoms with van der Waals surface area (Å²) in [6.45, 7) is 2.76. The van der Waals surface area contributed by atoms with Crippen LogP contribution in [-0.4, -0.2) is 41.7 Å². The summed E-state index contributed by atoms with van der Waals surface area (Å²) in [5, 5.41) is 7.35. The molecule has 0 saturated heterocycles. The Kier molecular flexibility index (Phi) is 8.41. The Labute approximate surface area is 184 Å². The SMILES string of the molecule is CCCOc1ccc(-c2ccc3nc(N)nc(NC4CCCCC4)c3c2)cn1.CNC. The van der Waals surface area contributed by atoms with Crippen molar-refractivity contribution in [1.82, 2.24) is 20.3 Å². The van der Waals surface area contributed by atoms with Gasteiger partial charge in [-0.05, 0) is 57.1 Å². The van der Waals surface area contributed by atoms with Crippen LogP contribution < -0.4 is 21.1 Å². The Bertz CT molecular complexity index is 954. The van der Waals surface area contributed by atoms with Crippen molar-refractivity contribution in [1.29, 1.82) is 0 Å². The third-order valence-corrected chi connectivity index (χ3v) is 5.18. The number of nitrogen functional groups attached to an aromatic ring is 1. The van der Waals surface area contributed by atoms with Gasteiger partial charge in [-0.3, -0.25) is 0 Å². The summed E-state index contributed by atoms with van der Waals surface area (Å²) in [5.41, 5.74) is 8.91. The first kappa shape index (κ1) is 22.7. The highest BCUT2D eigenvalue weighted by Crippen LogP contribution is 2.30. The van der Waals surface area contributed by atoms with Crippen molar-refractivity contribution in [2.45, 2.75) is 51.5 Å². The first-order chi connectivity index (χ1) is 15.1. The molecule has 7 heteroatoms. The normalized spacial score (nSPS) is 14.0. The molecule has 0 spiro atoms. The smallest absolute Gasteiger partial charge is 0.222 e. The van der Waals surface area contributed by atoms with Gasteiger partial charge in [0.1, 0.15) is 5.82 Å². The molecule has 1 aliphatic rings. The molecule has 0 amide bonds. The number of nitrogens with zero attached hydrogens (tertiary/aromatic N) is 3. The number of ether oxygens (including phenoxy) is 1. The molecule has 0 atom stereocenters. The van der Waals surface area contributed by atoms with E-state index < -0.39 is 0 Å². The molecule has 1 aromatic carbocycles. The van der Waals surface area contributed by atoms with E-state index in [-0.39, 0.29) is 0 Å². The van der Waals surface area contributed by atoms with Gasteiger partial charge in [-0.15, -0.1) is 0 Å². The highest BCUT2D eigenvalue weighted by Gasteiger charge is 2.16. The van der Waals surface area contributed by atoms with Gasteiger partial charge in [0.2, 0.25) is 11.8 Å². The second kappa shape index (κ2) is 11.5. The van der Waals surface area contributed by atoms with E-state index in [1.807, 2.05) is 44.6 Å². The quantitative estimate of drug-likeness (QED) is 0.532. The van der Waals surface area contributed by atoms with Crippen LogP contribution in [0.3, 0.4) is 0 Å². The van der Waals surface area contributed by atoms with Gasteiger partial charge in [0, 0.05) is 29.3 Å². The number of rotatable bonds is 6. The highest BCUT2D eigenvalue weighted by atomic mass is 16.5. The average molecular weight is 423 g/mol. The van der Waals surface area contributed by atoms with Gasteiger partial charge in [0.25, 0.3) is 0 Å². The van der Waals surface area contributed by atoms with E-state index in [0.717, 1.165) is 34.3 Å². The summed E-state index contributed by atoms with van der Waals surface area (Å²) >= 11 is 0. The molecule has 1 saturated carbocycles. The number of benzene rings is 1. The number of pyridine rings is 1. The molecule has 0 aliphatic heterocycles. The predicted molar refractivity (Wildman–Crippen MR) is 128 cm³/mol. The van der Waals surface area contributed by atoms with Crippen molar-refractivity contribution in [3.8, 4) is 17.0 Å². The zero-order valence-electron chi connectivity index (χ0n) is 18.8. The third kappa shape index (κ3) is 6.28. The summed E-state index contributed by atoms with van der Waals surface area (Å²) in [4.78, 5) is 13.3. The number of aromatic nitrogens is 3. The summed E-state index contributed by atoms with van der Waals surface area (Å²) < 4.78 is 5.58. The average Bonchev–Trinajstić information content (AvgIpc) is 2.79. The van der Waals surface area contributed by atoms with Crippen LogP contribution in [0.25, 0.3) is 22.0 Å². The predicted octanol–water partition coefficient (Wildman–Crippen LogP) is 4.64. The maximum atomic E-state index is 5.95. The summed E-state index contributed by atoms with van der Waals surface area (Å²) in [6, 6.07) is 10.6. The van der Waals surface area contributed by atoms with Gasteiger partial charge in [-0.2, -0.15) is 4.98 Å². The molecule has 2 heterocycles. The summed E-state index contributed by atoms with van der Waals surface area (Å²) in [7, 11) is 3.75. The molecule has 1 aliphatic carbocycles. The molecule has 0 radical (unpaired) electrons. The number of hydrogen-bond acceptors (Lipinski definition) is 7. The van der Waals surface area contributed by atoms with Gasteiger partial charge < -0.3 is 21.1 Å². The maximum Gasteiger partial charge on any atom is 0.222 e. The van der Waals surface area contributed by atoms with Crippen molar-refractivity contribution in [2.75, 3.05) is 31.8 Å². The Hall–Kier alpha value is -2.93. The minimum absolute atomic E-state index is 0.303. The van der Waals surface area contributed by atoms with E-state index >= 15 is 0 Å². The molecule has 4 rings (SSSR count). The van der Waals surface area contributed by atoms with Crippen molar-refractivity contribution in [2.24, 2.45) is 0 Å². The van der Waals surface area contributed by atoms with E-state index in [4.69, 9.17) is 10.5 Å². The zero-order valence-corrected chi connectivity index (χ0v) is 18.8. The van der Waals surface area contributed by atoms with Crippen LogP contribution in [0.4, 0.5) is 11.8 Å². The molecule has 3 aromatic rings. The van der Waals surface area contributed by atoms with Gasteiger partial charge in [-0.25, -0.2) is 9.97 Å². The molecular weight excluding hydrogens is 388 g/mol. The van der Waals surface area contributed by atoms with Gasteiger partial charge in [-0.1, -0.05) is 32.3 Å². The lowest BCUT2D eigenvalue weighted by Crippen LogP contribution is -2.23. The molecule has 31 heavy (non-hydrogen) atoms. The third-order valence-electron chi connectivity index (χ3n) is 5.18. The molecular formula is C24H34N6O. The fourth-order valence-corrected chi connectivity index (χ4v) is 3.72. The number of anilines is 2. The number of fused-ring (bicyclic) bond motifs is 1. The van der Waals surface area contributed by atoms with Crippen molar-refractivity contribution >= 4 is 22.7 Å². The van der Waals surface area contributed by atoms with Crippen LogP contribution >= 0.6 is 0 Å². The van der Waals surface area contributed by atoms with Crippen LogP contribution in [0.5, 0.6) is 5.88 Å². The minimum Gasteiger partial charge on any atom is -0.478 e. The molecule has 2 aromatic heterocycles. The summed E-state index contributed by atoms with van der Waals surface area (Å²) in [6.07, 6.45) is 9.01. The number of nitrogens with one attached hydrogen (secondary N) is 2. The molecule has 0 bridgehead atoms. The Morgan fingerprint density at radius 2 is 1.77 bits per heavy atom. The number of hydrogen-bond donors (Lipinski definition) is 3. The van der Waals surface area contributed by atoms with E-state index in [2.05, 4.69) is 38.6 Å². The molecule has 7 nitrogen and oxygen atoms in total. The van der Waals surface area contributed by atoms with Crippen LogP contribution in [-0.2, 0) is 0 Å². The fraction of sp³-hybridized carbons (Fsp3) is 0.458. The molecule has 1 fully saturated rings. The number of nitrogens with two attached hydrogens (primary N) is 1. The van der Waals surface area contributed by atoms with E-state index in [1.54, 1.807) is 0 Å². The van der Waals surface area contributed by atoms with Crippen LogP contribution in [0, 0.1) is 0 Å². The highest BCUT2D eigenvalue weighted by molar-refractivity contribution is 5.93. The lowest BCUT2D eigenvalue weighted by molar-refractivity contribution is 0.305. The van der Waals surface area contributed by atoms with Crippen molar-refractivity contribution < 1.29 is 4.74 Å². The topological polar surface area (TPSA) is 98.0 Å². The molecule has 4 N–H and O–H groups in total. The second-order valence-electron chi connectivity index (χ2n) is 7.88. The molecule has 0 unspecified atom stereocenters. The fourth-order valence-electron chi connectivity index (χ4n) is 3.72. The zero-order chi connectivity index (χ0) is 22.1. The Morgan fingerprint density at radius 3 is 2.45 bits per heavy atom. The van der Waals surface area contributed by atoms with Gasteiger partial charge in [0.05, 0.1) is 12.1 Å². The lowest BCUT2D eigenvalue weighted by Gasteiger charge is -2.24. The largest absolute Gasteiger partial charge is 0.478 e. The van der Waals surface area contributed by atoms with Crippen LogP contribution in [0.1, 0.15) is 45.4 Å². The summed E-state index contributed by atoms with van der Waals surface area (Å²) in [5.74, 6) is 1.78. The van der Waals surface area contributed by atoms with E-state index in [9.17, 15) is 0 Å². The van der Waals surface area contributed by atoms with Crippen LogP contribution in [0.2, 0.25) is 0 Å². The van der Waals surface area contributed by atoms with Gasteiger partial charge in [0.15, 0.2) is 0 Å². The van der Waals surface area contributed by atoms with Gasteiger partial charge >= 0.3 is 0 Å².